The van der Waals surface area contributed by atoms with Gasteiger partial charge in [-0.25, -0.2) is 0 Å². The summed E-state index contributed by atoms with van der Waals surface area (Å²) < 4.78 is 11.3. The maximum absolute atomic E-state index is 9.38. The molecule has 0 saturated carbocycles. The van der Waals surface area contributed by atoms with Crippen LogP contribution in [0.1, 0.15) is 19.4 Å². The second-order valence-corrected chi connectivity index (χ2v) is 6.91. The minimum Gasteiger partial charge on any atom is -0.491 e. The van der Waals surface area contributed by atoms with Crippen molar-refractivity contribution >= 4 is 5.69 Å². The van der Waals surface area contributed by atoms with Gasteiger partial charge in [0.25, 0.3) is 0 Å². The Kier molecular flexibility index (Phi) is 6.14. The second kappa shape index (κ2) is 8.52. The Bertz CT molecular complexity index is 610. The Morgan fingerprint density at radius 3 is 2.88 bits per heavy atom. The lowest BCUT2D eigenvalue weighted by Crippen LogP contribution is -2.54. The van der Waals surface area contributed by atoms with Crippen LogP contribution in [-0.2, 0) is 4.74 Å². The number of piperazine rings is 1. The highest BCUT2D eigenvalue weighted by molar-refractivity contribution is 5.58. The molecule has 6 heteroatoms. The van der Waals surface area contributed by atoms with Gasteiger partial charge < -0.3 is 19.7 Å². The zero-order valence-electron chi connectivity index (χ0n) is 15.2. The third-order valence-electron chi connectivity index (χ3n) is 4.95. The fraction of sp³-hybridized carbons (Fsp3) is 0.632. The molecule has 0 spiro atoms. The summed E-state index contributed by atoms with van der Waals surface area (Å²) in [7, 11) is 0. The number of hydrogen-bond donors (Lipinski definition) is 1. The molecule has 0 unspecified atom stereocenters. The zero-order valence-corrected chi connectivity index (χ0v) is 15.2. The van der Waals surface area contributed by atoms with Crippen molar-refractivity contribution in [2.24, 2.45) is 0 Å². The molecular formula is C19H28N4O2. The van der Waals surface area contributed by atoms with Gasteiger partial charge in [-0.2, -0.15) is 5.26 Å². The van der Waals surface area contributed by atoms with E-state index >= 15 is 0 Å². The van der Waals surface area contributed by atoms with E-state index in [0.29, 0.717) is 30.0 Å². The van der Waals surface area contributed by atoms with Gasteiger partial charge in [-0.3, -0.25) is 4.90 Å². The van der Waals surface area contributed by atoms with Crippen molar-refractivity contribution < 1.29 is 9.47 Å². The Morgan fingerprint density at radius 2 is 2.12 bits per heavy atom. The lowest BCUT2D eigenvalue weighted by Gasteiger charge is -2.39. The van der Waals surface area contributed by atoms with Gasteiger partial charge in [-0.15, -0.1) is 0 Å². The summed E-state index contributed by atoms with van der Waals surface area (Å²) in [5.74, 6) is 0.687. The van der Waals surface area contributed by atoms with E-state index < -0.39 is 0 Å². The van der Waals surface area contributed by atoms with Crippen LogP contribution in [0.3, 0.4) is 0 Å². The first-order valence-electron chi connectivity index (χ1n) is 9.14. The van der Waals surface area contributed by atoms with Crippen LogP contribution < -0.4 is 15.0 Å². The maximum Gasteiger partial charge on any atom is 0.139 e. The first kappa shape index (κ1) is 18.0. The number of anilines is 1. The molecule has 2 saturated heterocycles. The zero-order chi connectivity index (χ0) is 17.6. The SMILES string of the molecule is C[C@@H]1CN(c2ccc(C#N)c(OCCN3CCOCC3)c2)[C@@H](C)CN1. The summed E-state index contributed by atoms with van der Waals surface area (Å²) in [5.41, 5.74) is 1.72. The number of nitriles is 1. The number of nitrogens with one attached hydrogen (secondary N) is 1. The molecular weight excluding hydrogens is 316 g/mol. The lowest BCUT2D eigenvalue weighted by atomic mass is 10.1. The fourth-order valence-electron chi connectivity index (χ4n) is 3.39. The Labute approximate surface area is 150 Å². The summed E-state index contributed by atoms with van der Waals surface area (Å²) in [4.78, 5) is 4.72. The van der Waals surface area contributed by atoms with E-state index in [0.717, 1.165) is 51.6 Å². The van der Waals surface area contributed by atoms with Crippen LogP contribution in [0.2, 0.25) is 0 Å². The first-order chi connectivity index (χ1) is 12.2. The van der Waals surface area contributed by atoms with E-state index in [1.807, 2.05) is 18.2 Å². The van der Waals surface area contributed by atoms with Gasteiger partial charge in [0, 0.05) is 56.6 Å². The van der Waals surface area contributed by atoms with Crippen molar-refractivity contribution in [1.29, 1.82) is 5.26 Å². The highest BCUT2D eigenvalue weighted by atomic mass is 16.5. The van der Waals surface area contributed by atoms with E-state index in [1.54, 1.807) is 0 Å². The molecule has 136 valence electrons. The van der Waals surface area contributed by atoms with Crippen molar-refractivity contribution in [3.8, 4) is 11.8 Å². The molecule has 2 aliphatic heterocycles. The summed E-state index contributed by atoms with van der Waals surface area (Å²) in [6, 6.07) is 9.05. The van der Waals surface area contributed by atoms with Crippen molar-refractivity contribution in [2.75, 3.05) is 57.4 Å². The van der Waals surface area contributed by atoms with Crippen LogP contribution in [0.15, 0.2) is 18.2 Å². The van der Waals surface area contributed by atoms with Gasteiger partial charge in [0.05, 0.1) is 18.8 Å². The predicted octanol–water partition coefficient (Wildman–Crippen LogP) is 1.46. The minimum absolute atomic E-state index is 0.422. The molecule has 0 radical (unpaired) electrons. The lowest BCUT2D eigenvalue weighted by molar-refractivity contribution is 0.0322. The molecule has 0 aromatic heterocycles. The number of rotatable bonds is 5. The molecule has 2 fully saturated rings. The van der Waals surface area contributed by atoms with Crippen molar-refractivity contribution in [3.63, 3.8) is 0 Å². The van der Waals surface area contributed by atoms with E-state index in [2.05, 4.69) is 35.0 Å². The van der Waals surface area contributed by atoms with Crippen LogP contribution in [0.4, 0.5) is 5.69 Å². The van der Waals surface area contributed by atoms with Crippen LogP contribution in [-0.4, -0.2) is 69.5 Å². The smallest absolute Gasteiger partial charge is 0.139 e. The maximum atomic E-state index is 9.38. The molecule has 0 bridgehead atoms. The minimum atomic E-state index is 0.422. The molecule has 2 heterocycles. The van der Waals surface area contributed by atoms with Crippen molar-refractivity contribution in [1.82, 2.24) is 10.2 Å². The van der Waals surface area contributed by atoms with E-state index in [1.165, 1.54) is 0 Å². The molecule has 2 aliphatic rings. The van der Waals surface area contributed by atoms with Crippen LogP contribution in [0, 0.1) is 11.3 Å². The largest absolute Gasteiger partial charge is 0.491 e. The van der Waals surface area contributed by atoms with E-state index in [4.69, 9.17) is 9.47 Å². The standard InChI is InChI=1S/C19H28N4O2/c1-15-14-23(16(2)13-21-15)18-4-3-17(12-20)19(11-18)25-10-7-22-5-8-24-9-6-22/h3-4,11,15-16,21H,5-10,13-14H2,1-2H3/t15-,16+/m1/s1. The number of hydrogen-bond acceptors (Lipinski definition) is 6. The monoisotopic (exact) mass is 344 g/mol. The number of benzene rings is 1. The summed E-state index contributed by atoms with van der Waals surface area (Å²) in [6.45, 7) is 11.3. The third kappa shape index (κ3) is 4.63. The molecule has 1 aromatic carbocycles. The molecule has 25 heavy (non-hydrogen) atoms. The predicted molar refractivity (Wildman–Crippen MR) is 98.2 cm³/mol. The average Bonchev–Trinajstić information content (AvgIpc) is 2.64. The fourth-order valence-corrected chi connectivity index (χ4v) is 3.39. The number of morpholine rings is 1. The summed E-state index contributed by atoms with van der Waals surface area (Å²) >= 11 is 0. The second-order valence-electron chi connectivity index (χ2n) is 6.91. The van der Waals surface area contributed by atoms with Gasteiger partial charge >= 0.3 is 0 Å². The van der Waals surface area contributed by atoms with Crippen LogP contribution >= 0.6 is 0 Å². The normalized spacial score (nSPS) is 24.8. The summed E-state index contributed by atoms with van der Waals surface area (Å²) in [5, 5.41) is 12.9. The Morgan fingerprint density at radius 1 is 1.32 bits per heavy atom. The average molecular weight is 344 g/mol. The van der Waals surface area contributed by atoms with Crippen molar-refractivity contribution in [3.05, 3.63) is 23.8 Å². The van der Waals surface area contributed by atoms with Crippen LogP contribution in [0.5, 0.6) is 5.75 Å². The molecule has 1 aromatic rings. The van der Waals surface area contributed by atoms with Gasteiger partial charge in [0.15, 0.2) is 0 Å². The molecule has 0 aliphatic carbocycles. The molecule has 1 N–H and O–H groups in total. The van der Waals surface area contributed by atoms with E-state index in [-0.39, 0.29) is 0 Å². The van der Waals surface area contributed by atoms with Gasteiger partial charge in [-0.05, 0) is 26.0 Å². The third-order valence-corrected chi connectivity index (χ3v) is 4.95. The molecule has 6 nitrogen and oxygen atoms in total. The van der Waals surface area contributed by atoms with E-state index in [9.17, 15) is 5.26 Å². The molecule has 2 atom stereocenters. The summed E-state index contributed by atoms with van der Waals surface area (Å²) in [6.07, 6.45) is 0. The van der Waals surface area contributed by atoms with Gasteiger partial charge in [0.2, 0.25) is 0 Å². The molecule has 3 rings (SSSR count). The highest BCUT2D eigenvalue weighted by Crippen LogP contribution is 2.28. The highest BCUT2D eigenvalue weighted by Gasteiger charge is 2.23. The van der Waals surface area contributed by atoms with Crippen molar-refractivity contribution in [2.45, 2.75) is 25.9 Å². The van der Waals surface area contributed by atoms with Gasteiger partial charge in [0.1, 0.15) is 18.4 Å². The molecule has 0 amide bonds. The van der Waals surface area contributed by atoms with Gasteiger partial charge in [-0.1, -0.05) is 0 Å². The number of ether oxygens (including phenoxy) is 2. The Balaban J connectivity index is 1.66. The topological polar surface area (TPSA) is 60.8 Å². The van der Waals surface area contributed by atoms with Crippen LogP contribution in [0.25, 0.3) is 0 Å². The number of nitrogens with zero attached hydrogens (tertiary/aromatic N) is 3. The quantitative estimate of drug-likeness (QED) is 0.873. The Hall–Kier alpha value is -1.81. The first-order valence-corrected chi connectivity index (χ1v) is 9.14.